The van der Waals surface area contributed by atoms with Crippen LogP contribution in [0.5, 0.6) is 0 Å². The molecule has 1 saturated carbocycles. The Hall–Kier alpha value is -1.18. The van der Waals surface area contributed by atoms with E-state index in [9.17, 15) is 13.5 Å². The fraction of sp³-hybridized carbons (Fsp3) is 0.643. The second kappa shape index (κ2) is 5.23. The summed E-state index contributed by atoms with van der Waals surface area (Å²) in [6, 6.07) is 2.85. The average molecular weight is 311 g/mol. The van der Waals surface area contributed by atoms with Gasteiger partial charge in [0.1, 0.15) is 5.82 Å². The summed E-state index contributed by atoms with van der Waals surface area (Å²) in [6.45, 7) is 0.749. The van der Waals surface area contributed by atoms with Crippen LogP contribution in [-0.2, 0) is 10.0 Å². The smallest absolute Gasteiger partial charge is 0.243 e. The zero-order chi connectivity index (χ0) is 15.1. The van der Waals surface area contributed by atoms with Gasteiger partial charge in [0.15, 0.2) is 0 Å². The third kappa shape index (κ3) is 2.65. The average Bonchev–Trinajstić information content (AvgIpc) is 2.46. The van der Waals surface area contributed by atoms with E-state index in [2.05, 4.69) is 4.98 Å². The van der Waals surface area contributed by atoms with Crippen molar-refractivity contribution in [1.29, 1.82) is 0 Å². The highest BCUT2D eigenvalue weighted by molar-refractivity contribution is 7.89. The summed E-state index contributed by atoms with van der Waals surface area (Å²) in [5, 5.41) is 10.6. The van der Waals surface area contributed by atoms with Crippen molar-refractivity contribution in [2.24, 2.45) is 5.92 Å². The minimum absolute atomic E-state index is 0.0361. The summed E-state index contributed by atoms with van der Waals surface area (Å²) in [7, 11) is -3.56. The number of nitrogens with two attached hydrogens (primary N) is 1. The van der Waals surface area contributed by atoms with Gasteiger partial charge >= 0.3 is 0 Å². The van der Waals surface area contributed by atoms with E-state index < -0.39 is 15.6 Å². The summed E-state index contributed by atoms with van der Waals surface area (Å²) >= 11 is 0. The van der Waals surface area contributed by atoms with Gasteiger partial charge in [-0.15, -0.1) is 0 Å². The predicted molar refractivity (Wildman–Crippen MR) is 78.9 cm³/mol. The maximum atomic E-state index is 12.7. The van der Waals surface area contributed by atoms with Crippen molar-refractivity contribution in [2.45, 2.75) is 42.6 Å². The highest BCUT2D eigenvalue weighted by Crippen LogP contribution is 2.41. The summed E-state index contributed by atoms with van der Waals surface area (Å²) in [5.41, 5.74) is 4.90. The van der Waals surface area contributed by atoms with Crippen LogP contribution in [0.3, 0.4) is 0 Å². The minimum Gasteiger partial charge on any atom is -0.390 e. The van der Waals surface area contributed by atoms with Crippen LogP contribution in [0, 0.1) is 5.92 Å². The Labute approximate surface area is 125 Å². The second-order valence-corrected chi connectivity index (χ2v) is 8.01. The van der Waals surface area contributed by atoms with E-state index in [1.165, 1.54) is 22.6 Å². The van der Waals surface area contributed by atoms with E-state index in [0.717, 1.165) is 25.7 Å². The number of anilines is 1. The first kappa shape index (κ1) is 14.7. The fourth-order valence-electron chi connectivity index (χ4n) is 3.50. The summed E-state index contributed by atoms with van der Waals surface area (Å²) in [4.78, 5) is 4.01. The molecule has 3 rings (SSSR count). The number of rotatable bonds is 2. The van der Waals surface area contributed by atoms with Crippen molar-refractivity contribution >= 4 is 15.8 Å². The largest absolute Gasteiger partial charge is 0.390 e. The van der Waals surface area contributed by atoms with Gasteiger partial charge in [-0.3, -0.25) is 0 Å². The molecule has 1 aliphatic heterocycles. The van der Waals surface area contributed by atoms with Gasteiger partial charge in [-0.25, -0.2) is 13.4 Å². The van der Waals surface area contributed by atoms with Crippen LogP contribution in [-0.4, -0.2) is 41.5 Å². The molecule has 6 nitrogen and oxygen atoms in total. The number of sulfonamides is 1. The molecule has 1 saturated heterocycles. The van der Waals surface area contributed by atoms with Gasteiger partial charge < -0.3 is 10.8 Å². The number of hydrogen-bond acceptors (Lipinski definition) is 5. The van der Waals surface area contributed by atoms with Crippen molar-refractivity contribution in [2.75, 3.05) is 18.8 Å². The van der Waals surface area contributed by atoms with E-state index in [1.807, 2.05) is 0 Å². The lowest BCUT2D eigenvalue weighted by Crippen LogP contribution is -2.54. The van der Waals surface area contributed by atoms with Crippen molar-refractivity contribution in [3.05, 3.63) is 18.3 Å². The maximum absolute atomic E-state index is 12.7. The van der Waals surface area contributed by atoms with Crippen LogP contribution in [0.1, 0.15) is 32.1 Å². The molecule has 2 aliphatic rings. The molecule has 3 N–H and O–H groups in total. The summed E-state index contributed by atoms with van der Waals surface area (Å²) in [6.07, 6.45) is 5.68. The Morgan fingerprint density at radius 1 is 1.38 bits per heavy atom. The second-order valence-electron chi connectivity index (χ2n) is 6.08. The quantitative estimate of drug-likeness (QED) is 0.848. The number of nitrogens with zero attached hydrogens (tertiary/aromatic N) is 2. The molecule has 116 valence electrons. The highest BCUT2D eigenvalue weighted by atomic mass is 32.2. The molecule has 1 aromatic rings. The number of pyridine rings is 1. The highest BCUT2D eigenvalue weighted by Gasteiger charge is 2.45. The molecule has 0 spiro atoms. The predicted octanol–water partition coefficient (Wildman–Crippen LogP) is 0.979. The van der Waals surface area contributed by atoms with Crippen molar-refractivity contribution < 1.29 is 13.5 Å². The molecule has 0 bridgehead atoms. The Morgan fingerprint density at radius 2 is 2.19 bits per heavy atom. The zero-order valence-corrected chi connectivity index (χ0v) is 12.7. The third-order valence-corrected chi connectivity index (χ3v) is 6.64. The van der Waals surface area contributed by atoms with Crippen LogP contribution < -0.4 is 5.73 Å². The van der Waals surface area contributed by atoms with E-state index in [1.54, 1.807) is 0 Å². The molecule has 7 heteroatoms. The molecule has 0 amide bonds. The van der Waals surface area contributed by atoms with Crippen molar-refractivity contribution in [3.8, 4) is 0 Å². The Kier molecular flexibility index (Phi) is 3.67. The van der Waals surface area contributed by atoms with E-state index >= 15 is 0 Å². The van der Waals surface area contributed by atoms with E-state index in [-0.39, 0.29) is 16.6 Å². The van der Waals surface area contributed by atoms with E-state index in [4.69, 9.17) is 5.73 Å². The van der Waals surface area contributed by atoms with E-state index in [0.29, 0.717) is 19.5 Å². The van der Waals surface area contributed by atoms with Gasteiger partial charge in [0.05, 0.1) is 10.5 Å². The van der Waals surface area contributed by atoms with Crippen molar-refractivity contribution in [1.82, 2.24) is 9.29 Å². The number of piperidine rings is 1. The number of aliphatic hydroxyl groups is 1. The third-order valence-electron chi connectivity index (χ3n) is 4.78. The summed E-state index contributed by atoms with van der Waals surface area (Å²) < 4.78 is 26.8. The minimum atomic E-state index is -3.56. The molecular weight excluding hydrogens is 290 g/mol. The molecule has 0 aromatic carbocycles. The van der Waals surface area contributed by atoms with Crippen LogP contribution in [0.25, 0.3) is 0 Å². The van der Waals surface area contributed by atoms with Crippen molar-refractivity contribution in [3.63, 3.8) is 0 Å². The van der Waals surface area contributed by atoms with Gasteiger partial charge in [0, 0.05) is 31.3 Å². The topological polar surface area (TPSA) is 96.5 Å². The van der Waals surface area contributed by atoms with Crippen LogP contribution in [0.2, 0.25) is 0 Å². The van der Waals surface area contributed by atoms with Crippen LogP contribution in [0.15, 0.2) is 23.2 Å². The Balaban J connectivity index is 1.84. The number of nitrogen functional groups attached to an aromatic ring is 1. The normalized spacial score (nSPS) is 30.8. The lowest BCUT2D eigenvalue weighted by molar-refractivity contribution is -0.0816. The SMILES string of the molecule is Nc1cc(S(=O)(=O)N2CCC3(O)CCCCC3C2)ccn1. The molecule has 2 fully saturated rings. The first-order valence-corrected chi connectivity index (χ1v) is 8.80. The van der Waals surface area contributed by atoms with Crippen LogP contribution >= 0.6 is 0 Å². The number of hydrogen-bond donors (Lipinski definition) is 2. The monoisotopic (exact) mass is 311 g/mol. The Bertz CT molecular complexity index is 634. The molecule has 2 atom stereocenters. The number of aromatic nitrogens is 1. The van der Waals surface area contributed by atoms with Gasteiger partial charge in [0.2, 0.25) is 10.0 Å². The molecule has 1 aromatic heterocycles. The lowest BCUT2D eigenvalue weighted by Gasteiger charge is -2.46. The standard InChI is InChI=1S/C14H21N3O3S/c15-13-9-12(4-7-16-13)21(19,20)17-8-6-14(18)5-2-1-3-11(14)10-17/h4,7,9,11,18H,1-3,5-6,8,10H2,(H2,15,16). The zero-order valence-electron chi connectivity index (χ0n) is 11.9. The molecule has 2 heterocycles. The molecule has 21 heavy (non-hydrogen) atoms. The molecular formula is C14H21N3O3S. The Morgan fingerprint density at radius 3 is 2.95 bits per heavy atom. The first-order chi connectivity index (χ1) is 9.92. The summed E-state index contributed by atoms with van der Waals surface area (Å²) in [5.74, 6) is 0.233. The maximum Gasteiger partial charge on any atom is 0.243 e. The number of fused-ring (bicyclic) bond motifs is 1. The fourth-order valence-corrected chi connectivity index (χ4v) is 5.00. The van der Waals surface area contributed by atoms with Gasteiger partial charge in [-0.1, -0.05) is 12.8 Å². The van der Waals surface area contributed by atoms with Crippen LogP contribution in [0.4, 0.5) is 5.82 Å². The first-order valence-electron chi connectivity index (χ1n) is 7.36. The molecule has 2 unspecified atom stereocenters. The van der Waals surface area contributed by atoms with Gasteiger partial charge in [0.25, 0.3) is 0 Å². The molecule has 1 aliphatic carbocycles. The van der Waals surface area contributed by atoms with Gasteiger partial charge in [-0.05, 0) is 25.3 Å². The molecule has 0 radical (unpaired) electrons. The van der Waals surface area contributed by atoms with Gasteiger partial charge in [-0.2, -0.15) is 4.31 Å². The lowest BCUT2D eigenvalue weighted by atomic mass is 9.72.